The maximum atomic E-state index is 2.51. The minimum Gasteiger partial charge on any atom is -0.230 e. The molecule has 2 aromatic rings. The molecule has 2 heteroatoms. The van der Waals surface area contributed by atoms with E-state index in [1.54, 1.807) is 0 Å². The Hall–Kier alpha value is -1.31. The van der Waals surface area contributed by atoms with Gasteiger partial charge in [0.25, 0.3) is 0 Å². The number of aromatic nitrogens is 2. The lowest BCUT2D eigenvalue weighted by atomic mass is 10.1. The van der Waals surface area contributed by atoms with Gasteiger partial charge in [-0.3, -0.25) is 0 Å². The molecule has 0 bridgehead atoms. The molecule has 0 spiro atoms. The zero-order valence-corrected chi connectivity index (χ0v) is 22.3. The number of hydrogen-bond donors (Lipinski definition) is 0. The fraction of sp³-hybridized carbons (Fsp3) is 0.774. The highest BCUT2D eigenvalue weighted by atomic mass is 15.1. The number of unbranched alkanes of at least 4 members (excludes halogenated alkanes) is 18. The number of rotatable bonds is 22. The van der Waals surface area contributed by atoms with Crippen molar-refractivity contribution in [3.63, 3.8) is 0 Å². The average molecular weight is 456 g/mol. The lowest BCUT2D eigenvalue weighted by Crippen LogP contribution is -2.32. The summed E-state index contributed by atoms with van der Waals surface area (Å²) in [4.78, 5) is 0. The summed E-state index contributed by atoms with van der Waals surface area (Å²) in [7, 11) is 0. The molecule has 0 fully saturated rings. The van der Waals surface area contributed by atoms with Crippen LogP contribution in [-0.2, 0) is 13.1 Å². The first-order valence-electron chi connectivity index (χ1n) is 14.8. The van der Waals surface area contributed by atoms with E-state index in [0.29, 0.717) is 0 Å². The normalized spacial score (nSPS) is 11.6. The van der Waals surface area contributed by atoms with Crippen molar-refractivity contribution < 1.29 is 4.57 Å². The van der Waals surface area contributed by atoms with Gasteiger partial charge in [0.1, 0.15) is 0 Å². The van der Waals surface area contributed by atoms with Gasteiger partial charge >= 0.3 is 0 Å². The molecule has 188 valence electrons. The van der Waals surface area contributed by atoms with Gasteiger partial charge in [0.15, 0.2) is 11.0 Å². The fourth-order valence-electron chi connectivity index (χ4n) is 5.14. The van der Waals surface area contributed by atoms with Gasteiger partial charge in [0, 0.05) is 0 Å². The van der Waals surface area contributed by atoms with Gasteiger partial charge in [-0.05, 0) is 37.8 Å². The predicted molar refractivity (Wildman–Crippen MR) is 146 cm³/mol. The van der Waals surface area contributed by atoms with E-state index in [0.717, 1.165) is 0 Å². The van der Waals surface area contributed by atoms with Crippen molar-refractivity contribution in [1.29, 1.82) is 0 Å². The molecule has 0 unspecified atom stereocenters. The summed E-state index contributed by atoms with van der Waals surface area (Å²) in [5.41, 5.74) is 2.83. The molecule has 0 radical (unpaired) electrons. The minimum atomic E-state index is 1.17. The maximum Gasteiger partial charge on any atom is 0.244 e. The summed E-state index contributed by atoms with van der Waals surface area (Å²) in [6, 6.07) is 9.01. The van der Waals surface area contributed by atoms with Gasteiger partial charge in [0.05, 0.1) is 13.1 Å². The first kappa shape index (κ1) is 27.9. The second-order valence-corrected chi connectivity index (χ2v) is 10.4. The summed E-state index contributed by atoms with van der Waals surface area (Å²) in [6.07, 6.45) is 30.5. The molecule has 1 aromatic carbocycles. The van der Waals surface area contributed by atoms with Crippen LogP contribution < -0.4 is 4.57 Å². The number of hydrogen-bond acceptors (Lipinski definition) is 0. The second-order valence-electron chi connectivity index (χ2n) is 10.4. The average Bonchev–Trinajstić information content (AvgIpc) is 3.19. The fourth-order valence-corrected chi connectivity index (χ4v) is 5.14. The van der Waals surface area contributed by atoms with E-state index >= 15 is 0 Å². The summed E-state index contributed by atoms with van der Waals surface area (Å²) in [6.45, 7) is 6.94. The molecule has 2 rings (SSSR count). The Morgan fingerprint density at radius 1 is 0.545 bits per heavy atom. The molecular weight excluding hydrogens is 400 g/mol. The molecule has 0 aliphatic carbocycles. The van der Waals surface area contributed by atoms with Crippen molar-refractivity contribution >= 4 is 11.0 Å². The Morgan fingerprint density at radius 3 is 1.55 bits per heavy atom. The van der Waals surface area contributed by atoms with Crippen LogP contribution in [0.25, 0.3) is 11.0 Å². The Kier molecular flexibility index (Phi) is 16.1. The van der Waals surface area contributed by atoms with Crippen molar-refractivity contribution in [2.45, 2.75) is 155 Å². The van der Waals surface area contributed by atoms with Crippen LogP contribution in [0, 0.1) is 0 Å². The lowest BCUT2D eigenvalue weighted by Gasteiger charge is -2.02. The van der Waals surface area contributed by atoms with Crippen LogP contribution in [0.4, 0.5) is 0 Å². The molecule has 0 aliphatic rings. The van der Waals surface area contributed by atoms with Crippen molar-refractivity contribution in [2.24, 2.45) is 0 Å². The molecule has 2 nitrogen and oxygen atoms in total. The van der Waals surface area contributed by atoms with Crippen molar-refractivity contribution in [2.75, 3.05) is 0 Å². The van der Waals surface area contributed by atoms with Gasteiger partial charge in [0.2, 0.25) is 6.33 Å². The van der Waals surface area contributed by atoms with Crippen LogP contribution >= 0.6 is 0 Å². The summed E-state index contributed by atoms with van der Waals surface area (Å²) < 4.78 is 5.02. The topological polar surface area (TPSA) is 8.81 Å². The molecule has 1 heterocycles. The van der Waals surface area contributed by atoms with Crippen LogP contribution in [0.15, 0.2) is 30.6 Å². The molecule has 0 atom stereocenters. The van der Waals surface area contributed by atoms with Crippen molar-refractivity contribution in [3.8, 4) is 0 Å². The quantitative estimate of drug-likeness (QED) is 0.123. The van der Waals surface area contributed by atoms with Gasteiger partial charge in [-0.2, -0.15) is 0 Å². The number of para-hydroxylation sites is 2. The van der Waals surface area contributed by atoms with Gasteiger partial charge in [-0.15, -0.1) is 0 Å². The molecule has 1 aromatic heterocycles. The summed E-state index contributed by atoms with van der Waals surface area (Å²) in [5.74, 6) is 0. The zero-order chi connectivity index (χ0) is 23.4. The number of fused-ring (bicyclic) bond motifs is 1. The van der Waals surface area contributed by atoms with Crippen molar-refractivity contribution in [3.05, 3.63) is 30.6 Å². The first-order valence-corrected chi connectivity index (χ1v) is 14.8. The monoisotopic (exact) mass is 455 g/mol. The Balaban J connectivity index is 1.61. The SMILES string of the molecule is CCCCCCCCCCCCn1c[n+](CCCCCCCCCCCC)c2ccccc21. The first-order chi connectivity index (χ1) is 16.4. The standard InChI is InChI=1S/C31H55N2/c1-3-5-7-9-11-13-15-17-19-23-27-32-29-33(31-26-22-21-25-30(31)32)28-24-20-18-16-14-12-10-8-6-4-2/h21-22,25-26,29H,3-20,23-24,27-28H2,1-2H3/q+1. The summed E-state index contributed by atoms with van der Waals surface area (Å²) >= 11 is 0. The number of benzene rings is 1. The molecule has 0 saturated carbocycles. The molecule has 33 heavy (non-hydrogen) atoms. The molecule has 0 N–H and O–H groups in total. The Bertz CT molecular complexity index is 644. The van der Waals surface area contributed by atoms with Gasteiger partial charge in [-0.1, -0.05) is 129 Å². The number of imidazole rings is 1. The highest BCUT2D eigenvalue weighted by Crippen LogP contribution is 2.15. The van der Waals surface area contributed by atoms with Crippen LogP contribution in [0.2, 0.25) is 0 Å². The van der Waals surface area contributed by atoms with Gasteiger partial charge in [-0.25, -0.2) is 9.13 Å². The highest BCUT2D eigenvalue weighted by molar-refractivity contribution is 5.71. The highest BCUT2D eigenvalue weighted by Gasteiger charge is 2.14. The van der Waals surface area contributed by atoms with Crippen LogP contribution in [-0.4, -0.2) is 4.57 Å². The smallest absolute Gasteiger partial charge is 0.230 e. The second kappa shape index (κ2) is 19.0. The van der Waals surface area contributed by atoms with E-state index in [4.69, 9.17) is 0 Å². The number of aryl methyl sites for hydroxylation is 2. The largest absolute Gasteiger partial charge is 0.244 e. The van der Waals surface area contributed by atoms with Gasteiger partial charge < -0.3 is 0 Å². The van der Waals surface area contributed by atoms with Crippen LogP contribution in [0.3, 0.4) is 0 Å². The predicted octanol–water partition coefficient (Wildman–Crippen LogP) is 9.77. The molecular formula is C31H55N2+. The molecule has 0 saturated heterocycles. The lowest BCUT2D eigenvalue weighted by molar-refractivity contribution is -0.672. The van der Waals surface area contributed by atoms with E-state index in [1.165, 1.54) is 153 Å². The molecule has 0 amide bonds. The van der Waals surface area contributed by atoms with E-state index in [2.05, 4.69) is 53.6 Å². The maximum absolute atomic E-state index is 2.51. The Morgan fingerprint density at radius 2 is 1.00 bits per heavy atom. The summed E-state index contributed by atoms with van der Waals surface area (Å²) in [5, 5.41) is 0. The van der Waals surface area contributed by atoms with E-state index < -0.39 is 0 Å². The Labute approximate surface area is 206 Å². The van der Waals surface area contributed by atoms with Crippen LogP contribution in [0.1, 0.15) is 142 Å². The van der Waals surface area contributed by atoms with Crippen LogP contribution in [0.5, 0.6) is 0 Å². The van der Waals surface area contributed by atoms with Crippen molar-refractivity contribution in [1.82, 2.24) is 4.57 Å². The van der Waals surface area contributed by atoms with E-state index in [1.807, 2.05) is 0 Å². The molecule has 0 aliphatic heterocycles. The van der Waals surface area contributed by atoms with E-state index in [9.17, 15) is 0 Å². The zero-order valence-electron chi connectivity index (χ0n) is 22.3. The third-order valence-electron chi connectivity index (χ3n) is 7.28. The third kappa shape index (κ3) is 12.1. The van der Waals surface area contributed by atoms with E-state index in [-0.39, 0.29) is 0 Å². The number of nitrogens with zero attached hydrogens (tertiary/aromatic N) is 2. The minimum absolute atomic E-state index is 1.17. The third-order valence-corrected chi connectivity index (χ3v) is 7.28.